The van der Waals surface area contributed by atoms with Crippen LogP contribution in [0.25, 0.3) is 0 Å². The Morgan fingerprint density at radius 1 is 1.19 bits per heavy atom. The van der Waals surface area contributed by atoms with Gasteiger partial charge in [0.1, 0.15) is 6.04 Å². The third-order valence-corrected chi connectivity index (χ3v) is 7.77. The van der Waals surface area contributed by atoms with Crippen LogP contribution in [0.1, 0.15) is 51.9 Å². The fourth-order valence-electron chi connectivity index (χ4n) is 4.54. The normalized spacial score (nSPS) is 25.0. The average molecular weight is 469 g/mol. The van der Waals surface area contributed by atoms with E-state index in [0.717, 1.165) is 37.9 Å². The predicted molar refractivity (Wildman–Crippen MR) is 123 cm³/mol. The van der Waals surface area contributed by atoms with Crippen molar-refractivity contribution < 1.29 is 23.9 Å². The zero-order valence-electron chi connectivity index (χ0n) is 19.1. The maximum atomic E-state index is 13.1. The van der Waals surface area contributed by atoms with E-state index in [-0.39, 0.29) is 23.8 Å². The molecule has 0 spiro atoms. The van der Waals surface area contributed by atoms with Crippen molar-refractivity contribution in [2.75, 3.05) is 39.2 Å². The lowest BCUT2D eigenvalue weighted by atomic mass is 9.85. The Kier molecular flexibility index (Phi) is 9.80. The molecule has 3 rings (SSSR count). The molecule has 2 saturated heterocycles. The van der Waals surface area contributed by atoms with Crippen molar-refractivity contribution in [3.8, 4) is 0 Å². The lowest BCUT2D eigenvalue weighted by molar-refractivity contribution is -0.142. The van der Waals surface area contributed by atoms with Crippen LogP contribution in [0.15, 0.2) is 5.10 Å². The molecule has 0 radical (unpaired) electrons. The van der Waals surface area contributed by atoms with Crippen LogP contribution >= 0.6 is 11.8 Å². The number of nitrogens with zero attached hydrogens (tertiary/aromatic N) is 2. The van der Waals surface area contributed by atoms with Crippen molar-refractivity contribution in [2.24, 2.45) is 16.9 Å². The van der Waals surface area contributed by atoms with Gasteiger partial charge in [0.15, 0.2) is 5.17 Å². The van der Waals surface area contributed by atoms with Crippen molar-refractivity contribution in [1.82, 2.24) is 15.6 Å². The summed E-state index contributed by atoms with van der Waals surface area (Å²) in [4.78, 5) is 40.8. The van der Waals surface area contributed by atoms with Crippen molar-refractivity contribution in [3.63, 3.8) is 0 Å². The molecule has 0 aromatic carbocycles. The first kappa shape index (κ1) is 25.0. The van der Waals surface area contributed by atoms with Gasteiger partial charge in [-0.15, -0.1) is 5.10 Å². The summed E-state index contributed by atoms with van der Waals surface area (Å²) < 4.78 is 10.6. The molecule has 2 N–H and O–H groups in total. The SMILES string of the molecule is COCCN1C(=NNC(=O)C(=O)[C@H](NC(=O)C2CCCCC2)C2CCOCC2)SC[C@H]1C. The van der Waals surface area contributed by atoms with Gasteiger partial charge in [-0.05, 0) is 38.5 Å². The van der Waals surface area contributed by atoms with E-state index in [2.05, 4.69) is 27.7 Å². The minimum Gasteiger partial charge on any atom is -0.383 e. The molecule has 0 bridgehead atoms. The van der Waals surface area contributed by atoms with E-state index in [1.165, 1.54) is 11.8 Å². The van der Waals surface area contributed by atoms with E-state index in [4.69, 9.17) is 9.47 Å². The summed E-state index contributed by atoms with van der Waals surface area (Å²) in [6.07, 6.45) is 6.17. The largest absolute Gasteiger partial charge is 0.383 e. The van der Waals surface area contributed by atoms with Gasteiger partial charge in [0, 0.05) is 44.6 Å². The van der Waals surface area contributed by atoms with E-state index in [1.54, 1.807) is 7.11 Å². The minimum absolute atomic E-state index is 0.0760. The molecule has 3 fully saturated rings. The quantitative estimate of drug-likeness (QED) is 0.390. The minimum atomic E-state index is -0.840. The highest BCUT2D eigenvalue weighted by Gasteiger charge is 2.36. The van der Waals surface area contributed by atoms with E-state index >= 15 is 0 Å². The van der Waals surface area contributed by atoms with Gasteiger partial charge in [0.2, 0.25) is 11.7 Å². The Morgan fingerprint density at radius 2 is 1.91 bits per heavy atom. The van der Waals surface area contributed by atoms with Crippen LogP contribution in [0.3, 0.4) is 0 Å². The van der Waals surface area contributed by atoms with Gasteiger partial charge in [-0.1, -0.05) is 31.0 Å². The lowest BCUT2D eigenvalue weighted by Gasteiger charge is -2.31. The molecule has 0 aromatic heterocycles. The van der Waals surface area contributed by atoms with Crippen molar-refractivity contribution in [3.05, 3.63) is 0 Å². The Balaban J connectivity index is 1.65. The third-order valence-electron chi connectivity index (χ3n) is 6.54. The summed E-state index contributed by atoms with van der Waals surface area (Å²) in [6, 6.07) is -0.570. The Hall–Kier alpha value is -1.65. The van der Waals surface area contributed by atoms with Crippen LogP contribution in [0, 0.1) is 11.8 Å². The first-order valence-corrected chi connectivity index (χ1v) is 12.7. The Bertz CT molecular complexity index is 692. The molecule has 1 saturated carbocycles. The summed E-state index contributed by atoms with van der Waals surface area (Å²) in [6.45, 7) is 4.35. The van der Waals surface area contributed by atoms with Gasteiger partial charge < -0.3 is 19.7 Å². The molecule has 2 aliphatic heterocycles. The molecule has 2 heterocycles. The number of amides is 2. The summed E-state index contributed by atoms with van der Waals surface area (Å²) in [5.41, 5.74) is 2.44. The Morgan fingerprint density at radius 3 is 2.59 bits per heavy atom. The second kappa shape index (κ2) is 12.6. The number of thioether (sulfide) groups is 1. The maximum Gasteiger partial charge on any atom is 0.309 e. The molecular formula is C22H36N4O5S. The molecule has 3 aliphatic rings. The highest BCUT2D eigenvalue weighted by atomic mass is 32.2. The van der Waals surface area contributed by atoms with Crippen molar-refractivity contribution >= 4 is 34.5 Å². The van der Waals surface area contributed by atoms with Crippen LogP contribution < -0.4 is 10.7 Å². The summed E-state index contributed by atoms with van der Waals surface area (Å²) in [5, 5.41) is 7.81. The van der Waals surface area contributed by atoms with Crippen LogP contribution in [0.4, 0.5) is 0 Å². The fraction of sp³-hybridized carbons (Fsp3) is 0.818. The van der Waals surface area contributed by atoms with Crippen LogP contribution in [-0.2, 0) is 23.9 Å². The monoisotopic (exact) mass is 468 g/mol. The third kappa shape index (κ3) is 6.68. The van der Waals surface area contributed by atoms with E-state index in [1.807, 2.05) is 0 Å². The number of rotatable bonds is 9. The van der Waals surface area contributed by atoms with E-state index in [0.29, 0.717) is 44.4 Å². The van der Waals surface area contributed by atoms with Gasteiger partial charge >= 0.3 is 5.91 Å². The van der Waals surface area contributed by atoms with Gasteiger partial charge in [-0.25, -0.2) is 5.43 Å². The zero-order valence-corrected chi connectivity index (χ0v) is 20.0. The number of hydrogen-bond acceptors (Lipinski definition) is 7. The number of amidine groups is 1. The standard InChI is InChI=1S/C22H36N4O5S/c1-15-14-32-22(26(15)10-13-30-2)25-24-21(29)19(27)18(16-8-11-31-12-9-16)23-20(28)17-6-4-3-5-7-17/h15-18H,3-14H2,1-2H3,(H,23,28)(H,24,29)/t15-,18-/m1/s1. The molecule has 32 heavy (non-hydrogen) atoms. The summed E-state index contributed by atoms with van der Waals surface area (Å²) in [7, 11) is 1.64. The summed E-state index contributed by atoms with van der Waals surface area (Å²) in [5.74, 6) is -0.863. The highest BCUT2D eigenvalue weighted by Crippen LogP contribution is 2.26. The topological polar surface area (TPSA) is 109 Å². The van der Waals surface area contributed by atoms with Crippen LogP contribution in [0.2, 0.25) is 0 Å². The van der Waals surface area contributed by atoms with Crippen molar-refractivity contribution in [2.45, 2.75) is 64.0 Å². The van der Waals surface area contributed by atoms with Crippen LogP contribution in [0.5, 0.6) is 0 Å². The van der Waals surface area contributed by atoms with E-state index in [9.17, 15) is 14.4 Å². The first-order valence-electron chi connectivity index (χ1n) is 11.7. The highest BCUT2D eigenvalue weighted by molar-refractivity contribution is 8.14. The number of methoxy groups -OCH3 is 1. The molecule has 1 aliphatic carbocycles. The van der Waals surface area contributed by atoms with E-state index < -0.39 is 17.7 Å². The molecule has 180 valence electrons. The number of nitrogens with one attached hydrogen (secondary N) is 2. The molecule has 0 unspecified atom stereocenters. The van der Waals surface area contributed by atoms with Gasteiger partial charge in [0.05, 0.1) is 6.61 Å². The fourth-order valence-corrected chi connectivity index (χ4v) is 5.65. The maximum absolute atomic E-state index is 13.1. The van der Waals surface area contributed by atoms with Crippen molar-refractivity contribution in [1.29, 1.82) is 0 Å². The van der Waals surface area contributed by atoms with Crippen LogP contribution in [-0.4, -0.2) is 79.0 Å². The average Bonchev–Trinajstić information content (AvgIpc) is 3.19. The second-order valence-corrected chi connectivity index (χ2v) is 9.80. The molecule has 2 atom stereocenters. The molecule has 2 amide bonds. The van der Waals surface area contributed by atoms with Gasteiger partial charge in [0.25, 0.3) is 0 Å². The number of Topliss-reactive ketones (excluding diaryl/α,β-unsaturated/α-hetero) is 1. The number of ether oxygens (including phenoxy) is 2. The number of carbonyl (C=O) groups is 3. The van der Waals surface area contributed by atoms with Gasteiger partial charge in [-0.3, -0.25) is 14.4 Å². The Labute approximate surface area is 194 Å². The number of hydrazone groups is 1. The lowest BCUT2D eigenvalue weighted by Crippen LogP contribution is -2.53. The number of carbonyl (C=O) groups excluding carboxylic acids is 3. The molecule has 0 aromatic rings. The molecule has 9 nitrogen and oxygen atoms in total. The van der Waals surface area contributed by atoms with Gasteiger partial charge in [-0.2, -0.15) is 0 Å². The number of hydrogen-bond donors (Lipinski definition) is 2. The molecular weight excluding hydrogens is 432 g/mol. The second-order valence-electron chi connectivity index (χ2n) is 8.82. The summed E-state index contributed by atoms with van der Waals surface area (Å²) >= 11 is 1.54. The number of ketones is 1. The predicted octanol–water partition coefficient (Wildman–Crippen LogP) is 1.52. The molecule has 10 heteroatoms. The zero-order chi connectivity index (χ0) is 22.9. The first-order chi connectivity index (χ1) is 15.5. The smallest absolute Gasteiger partial charge is 0.309 e.